The van der Waals surface area contributed by atoms with Gasteiger partial charge >= 0.3 is 0 Å². The van der Waals surface area contributed by atoms with Crippen molar-refractivity contribution in [3.8, 4) is 17.9 Å². The Kier molecular flexibility index (Phi) is 6.05. The molecule has 8 heteroatoms. The monoisotopic (exact) mass is 487 g/mol. The number of amides is 1. The Hall–Kier alpha value is -3.68. The van der Waals surface area contributed by atoms with Gasteiger partial charge in [-0.3, -0.25) is 4.79 Å². The first-order valence-corrected chi connectivity index (χ1v) is 11.9. The van der Waals surface area contributed by atoms with Gasteiger partial charge in [-0.2, -0.15) is 5.26 Å². The maximum absolute atomic E-state index is 14.1. The van der Waals surface area contributed by atoms with Crippen molar-refractivity contribution in [1.29, 1.82) is 5.26 Å². The van der Waals surface area contributed by atoms with Crippen LogP contribution in [-0.2, 0) is 13.0 Å². The zero-order valence-electron chi connectivity index (χ0n) is 19.2. The van der Waals surface area contributed by atoms with E-state index in [0.717, 1.165) is 24.1 Å². The molecular formula is C27H23ClFN5O. The molecule has 1 amide bonds. The highest BCUT2D eigenvalue weighted by molar-refractivity contribution is 6.30. The van der Waals surface area contributed by atoms with Crippen LogP contribution in [0.2, 0.25) is 5.02 Å². The molecule has 1 saturated carbocycles. The first-order valence-electron chi connectivity index (χ1n) is 11.5. The van der Waals surface area contributed by atoms with Gasteiger partial charge in [0.2, 0.25) is 0 Å². The summed E-state index contributed by atoms with van der Waals surface area (Å²) in [5.41, 5.74) is 3.53. The van der Waals surface area contributed by atoms with Crippen molar-refractivity contribution < 1.29 is 9.18 Å². The topological polar surface area (TPSA) is 83.6 Å². The molecule has 3 aromatic rings. The molecule has 0 unspecified atom stereocenters. The fraction of sp³-hybridized carbons (Fsp3) is 0.333. The number of nitriles is 1. The maximum Gasteiger partial charge on any atom is 0.270 e. The molecule has 0 bridgehead atoms. The SMILES string of the molecule is Cc1cc(C#CC2(CC#N)CC2)cc(C(=O)N[C@@H](c2ccc(Cl)cc2)c2ncn3c2C[C@@H](F)C3)n1. The lowest BCUT2D eigenvalue weighted by Gasteiger charge is -2.19. The minimum atomic E-state index is -0.969. The van der Waals surface area contributed by atoms with Crippen LogP contribution in [0, 0.1) is 35.5 Å². The normalized spacial score (nSPS) is 18.1. The first-order chi connectivity index (χ1) is 16.9. The van der Waals surface area contributed by atoms with Crippen LogP contribution in [0.25, 0.3) is 0 Å². The summed E-state index contributed by atoms with van der Waals surface area (Å²) in [6.07, 6.45) is 3.15. The Balaban J connectivity index is 1.45. The Morgan fingerprint density at radius 2 is 2.11 bits per heavy atom. The molecule has 0 saturated heterocycles. The van der Waals surface area contributed by atoms with Gasteiger partial charge in [0.25, 0.3) is 5.91 Å². The zero-order chi connectivity index (χ0) is 24.6. The summed E-state index contributed by atoms with van der Waals surface area (Å²) in [7, 11) is 0. The lowest BCUT2D eigenvalue weighted by Crippen LogP contribution is -2.31. The van der Waals surface area contributed by atoms with E-state index in [0.29, 0.717) is 28.4 Å². The van der Waals surface area contributed by atoms with Crippen LogP contribution in [0.1, 0.15) is 64.0 Å². The van der Waals surface area contributed by atoms with Gasteiger partial charge in [-0.1, -0.05) is 35.6 Å². The fourth-order valence-electron chi connectivity index (χ4n) is 4.41. The highest BCUT2D eigenvalue weighted by atomic mass is 35.5. The van der Waals surface area contributed by atoms with Crippen molar-refractivity contribution in [2.24, 2.45) is 5.41 Å². The number of aromatic nitrogens is 3. The minimum Gasteiger partial charge on any atom is -0.338 e. The van der Waals surface area contributed by atoms with E-state index in [2.05, 4.69) is 33.2 Å². The molecule has 6 nitrogen and oxygen atoms in total. The number of fused-ring (bicyclic) bond motifs is 1. The highest BCUT2D eigenvalue weighted by Gasteiger charge is 2.40. The van der Waals surface area contributed by atoms with Crippen molar-refractivity contribution in [3.63, 3.8) is 0 Å². The molecule has 0 spiro atoms. The number of rotatable bonds is 5. The molecule has 1 fully saturated rings. The summed E-state index contributed by atoms with van der Waals surface area (Å²) in [6, 6.07) is 12.2. The van der Waals surface area contributed by atoms with Gasteiger partial charge < -0.3 is 9.88 Å². The predicted octanol–water partition coefficient (Wildman–Crippen LogP) is 4.70. The molecule has 3 heterocycles. The van der Waals surface area contributed by atoms with Crippen LogP contribution in [0.15, 0.2) is 42.7 Å². The summed E-state index contributed by atoms with van der Waals surface area (Å²) >= 11 is 6.08. The number of carbonyl (C=O) groups is 1. The average molecular weight is 488 g/mol. The van der Waals surface area contributed by atoms with Crippen molar-refractivity contribution in [1.82, 2.24) is 19.9 Å². The zero-order valence-corrected chi connectivity index (χ0v) is 19.9. The molecule has 2 atom stereocenters. The number of halogens is 2. The quantitative estimate of drug-likeness (QED) is 0.529. The molecule has 5 rings (SSSR count). The average Bonchev–Trinajstić information content (AvgIpc) is 3.34. The summed E-state index contributed by atoms with van der Waals surface area (Å²) in [5, 5.41) is 12.6. The number of alkyl halides is 1. The number of hydrogen-bond donors (Lipinski definition) is 1. The van der Waals surface area contributed by atoms with E-state index in [1.807, 2.05) is 25.1 Å². The van der Waals surface area contributed by atoms with Crippen LogP contribution < -0.4 is 5.32 Å². The molecule has 1 aliphatic heterocycles. The van der Waals surface area contributed by atoms with Gasteiger partial charge in [-0.05, 0) is 49.6 Å². The summed E-state index contributed by atoms with van der Waals surface area (Å²) in [6.45, 7) is 2.07. The Labute approximate surface area is 208 Å². The number of pyridine rings is 1. The van der Waals surface area contributed by atoms with Crippen LogP contribution in [-0.4, -0.2) is 26.6 Å². The van der Waals surface area contributed by atoms with Crippen molar-refractivity contribution in [2.75, 3.05) is 0 Å². The lowest BCUT2D eigenvalue weighted by molar-refractivity contribution is 0.0937. The second kappa shape index (κ2) is 9.17. The lowest BCUT2D eigenvalue weighted by atomic mass is 10.0. The molecule has 176 valence electrons. The van der Waals surface area contributed by atoms with Crippen molar-refractivity contribution in [3.05, 3.63) is 81.7 Å². The van der Waals surface area contributed by atoms with Crippen LogP contribution >= 0.6 is 11.6 Å². The third-order valence-corrected chi connectivity index (χ3v) is 6.72. The minimum absolute atomic E-state index is 0.218. The van der Waals surface area contributed by atoms with Crippen molar-refractivity contribution >= 4 is 17.5 Å². The number of nitrogens with zero attached hydrogens (tertiary/aromatic N) is 4. The van der Waals surface area contributed by atoms with E-state index in [-0.39, 0.29) is 30.0 Å². The van der Waals surface area contributed by atoms with Gasteiger partial charge in [0, 0.05) is 33.8 Å². The maximum atomic E-state index is 14.1. The molecular weight excluding hydrogens is 465 g/mol. The molecule has 1 aliphatic carbocycles. The third-order valence-electron chi connectivity index (χ3n) is 6.47. The van der Waals surface area contributed by atoms with Gasteiger partial charge in [0.15, 0.2) is 0 Å². The first kappa shape index (κ1) is 23.1. The number of nitrogens with one attached hydrogen (secondary N) is 1. The summed E-state index contributed by atoms with van der Waals surface area (Å²) in [4.78, 5) is 22.3. The summed E-state index contributed by atoms with van der Waals surface area (Å²) in [5.74, 6) is 5.96. The van der Waals surface area contributed by atoms with Gasteiger partial charge in [0.05, 0.1) is 37.1 Å². The van der Waals surface area contributed by atoms with E-state index < -0.39 is 12.2 Å². The number of carbonyl (C=O) groups excluding carboxylic acids is 1. The van der Waals surface area contributed by atoms with Crippen LogP contribution in [0.5, 0.6) is 0 Å². The van der Waals surface area contributed by atoms with Gasteiger partial charge in [-0.15, -0.1) is 0 Å². The molecule has 1 aromatic carbocycles. The highest BCUT2D eigenvalue weighted by Crippen LogP contribution is 2.47. The third kappa shape index (κ3) is 4.92. The van der Waals surface area contributed by atoms with Gasteiger partial charge in [0.1, 0.15) is 11.9 Å². The Morgan fingerprint density at radius 3 is 2.83 bits per heavy atom. The van der Waals surface area contributed by atoms with Crippen LogP contribution in [0.3, 0.4) is 0 Å². The largest absolute Gasteiger partial charge is 0.338 e. The Morgan fingerprint density at radius 1 is 1.34 bits per heavy atom. The number of imidazole rings is 1. The molecule has 2 aromatic heterocycles. The van der Waals surface area contributed by atoms with Crippen molar-refractivity contribution in [2.45, 2.75) is 51.4 Å². The van der Waals surface area contributed by atoms with E-state index >= 15 is 0 Å². The number of hydrogen-bond acceptors (Lipinski definition) is 4. The molecule has 35 heavy (non-hydrogen) atoms. The van der Waals surface area contributed by atoms with E-state index in [1.165, 1.54) is 0 Å². The smallest absolute Gasteiger partial charge is 0.270 e. The second-order valence-corrected chi connectivity index (χ2v) is 9.67. The fourth-order valence-corrected chi connectivity index (χ4v) is 4.54. The number of benzene rings is 1. The summed E-state index contributed by atoms with van der Waals surface area (Å²) < 4.78 is 15.9. The van der Waals surface area contributed by atoms with E-state index in [4.69, 9.17) is 16.9 Å². The second-order valence-electron chi connectivity index (χ2n) is 9.24. The van der Waals surface area contributed by atoms with Gasteiger partial charge in [-0.25, -0.2) is 14.4 Å². The Bertz CT molecular complexity index is 1390. The van der Waals surface area contributed by atoms with E-state index in [9.17, 15) is 9.18 Å². The van der Waals surface area contributed by atoms with Crippen LogP contribution in [0.4, 0.5) is 4.39 Å². The molecule has 2 aliphatic rings. The number of aryl methyl sites for hydroxylation is 1. The molecule has 0 radical (unpaired) electrons. The predicted molar refractivity (Wildman–Crippen MR) is 129 cm³/mol. The standard InChI is InChI=1S/C27H23ClFN5O/c1-17-12-18(6-7-27(8-9-27)10-11-30)13-22(32-17)26(35)33-24(19-2-4-20(28)5-3-19)25-23-14-21(29)15-34(23)16-31-25/h2-5,12-13,16,21,24H,8-10,14-15H2,1H3,(H,33,35)/t21-,24+/m1/s1. The van der Waals surface area contributed by atoms with E-state index in [1.54, 1.807) is 29.1 Å². The molecule has 1 N–H and O–H groups in total.